The molecule has 8 heteroatoms. The van der Waals surface area contributed by atoms with Gasteiger partial charge in [-0.25, -0.2) is 9.78 Å². The van der Waals surface area contributed by atoms with E-state index in [4.69, 9.17) is 5.26 Å². The smallest absolute Gasteiger partial charge is 0.337 e. The maximum absolute atomic E-state index is 12.3. The van der Waals surface area contributed by atoms with Gasteiger partial charge in [-0.2, -0.15) is 5.26 Å². The number of benzene rings is 1. The van der Waals surface area contributed by atoms with Gasteiger partial charge in [-0.15, -0.1) is 11.3 Å². The van der Waals surface area contributed by atoms with Crippen LogP contribution < -0.4 is 5.32 Å². The molecule has 7 nitrogen and oxygen atoms in total. The number of aromatic carboxylic acids is 1. The largest absolute Gasteiger partial charge is 0.478 e. The molecule has 0 bridgehead atoms. The van der Waals surface area contributed by atoms with Crippen LogP contribution in [-0.2, 0) is 0 Å². The lowest BCUT2D eigenvalue weighted by molar-refractivity contribution is 0.0698. The summed E-state index contributed by atoms with van der Waals surface area (Å²) in [5.41, 5.74) is 1.10. The third kappa shape index (κ3) is 3.52. The molecule has 0 aliphatic rings. The SMILES string of the molecule is N#Cc1ccc(NC(=O)c2csc(-c3cccnc3)n2)c(C(=O)O)c1. The van der Waals surface area contributed by atoms with E-state index in [-0.39, 0.29) is 22.5 Å². The zero-order valence-corrected chi connectivity index (χ0v) is 13.4. The number of rotatable bonds is 4. The number of hydrogen-bond donors (Lipinski definition) is 2. The molecule has 0 aliphatic carbocycles. The third-order valence-electron chi connectivity index (χ3n) is 3.27. The minimum Gasteiger partial charge on any atom is -0.478 e. The number of carboxylic acids is 1. The normalized spacial score (nSPS) is 10.0. The Bertz CT molecular complexity index is 993. The second kappa shape index (κ2) is 6.90. The highest BCUT2D eigenvalue weighted by Crippen LogP contribution is 2.24. The fourth-order valence-corrected chi connectivity index (χ4v) is 2.88. The Kier molecular flexibility index (Phi) is 4.50. The van der Waals surface area contributed by atoms with Crippen LogP contribution in [0.15, 0.2) is 48.1 Å². The summed E-state index contributed by atoms with van der Waals surface area (Å²) in [6.45, 7) is 0. The molecule has 0 radical (unpaired) electrons. The number of thiazole rings is 1. The first-order chi connectivity index (χ1) is 12.1. The van der Waals surface area contributed by atoms with Crippen molar-refractivity contribution in [2.75, 3.05) is 5.32 Å². The number of aromatic nitrogens is 2. The van der Waals surface area contributed by atoms with Crippen LogP contribution in [0.2, 0.25) is 0 Å². The van der Waals surface area contributed by atoms with Gasteiger partial charge in [-0.3, -0.25) is 9.78 Å². The summed E-state index contributed by atoms with van der Waals surface area (Å²) in [5, 5.41) is 22.8. The van der Waals surface area contributed by atoms with Crippen molar-refractivity contribution in [3.63, 3.8) is 0 Å². The van der Waals surface area contributed by atoms with E-state index in [1.165, 1.54) is 29.5 Å². The Labute approximate surface area is 146 Å². The molecule has 0 spiro atoms. The lowest BCUT2D eigenvalue weighted by Crippen LogP contribution is -2.15. The van der Waals surface area contributed by atoms with E-state index < -0.39 is 11.9 Å². The molecule has 2 N–H and O–H groups in total. The zero-order chi connectivity index (χ0) is 17.8. The summed E-state index contributed by atoms with van der Waals surface area (Å²) < 4.78 is 0. The maximum Gasteiger partial charge on any atom is 0.337 e. The first kappa shape index (κ1) is 16.3. The molecule has 0 saturated heterocycles. The monoisotopic (exact) mass is 350 g/mol. The van der Waals surface area contributed by atoms with E-state index in [0.29, 0.717) is 5.01 Å². The van der Waals surface area contributed by atoms with Gasteiger partial charge in [0, 0.05) is 23.3 Å². The van der Waals surface area contributed by atoms with Crippen LogP contribution in [0.25, 0.3) is 10.6 Å². The molecule has 122 valence electrons. The van der Waals surface area contributed by atoms with Crippen LogP contribution in [0.5, 0.6) is 0 Å². The highest BCUT2D eigenvalue weighted by Gasteiger charge is 2.17. The zero-order valence-electron chi connectivity index (χ0n) is 12.6. The maximum atomic E-state index is 12.3. The lowest BCUT2D eigenvalue weighted by Gasteiger charge is -2.07. The molecule has 0 fully saturated rings. The molecule has 0 atom stereocenters. The standard InChI is InChI=1S/C17H10N4O3S/c18-7-10-3-4-13(12(6-10)17(23)24)20-15(22)14-9-25-16(21-14)11-2-1-5-19-8-11/h1-6,8-9H,(H,20,22)(H,23,24). The average Bonchev–Trinajstić information content (AvgIpc) is 3.13. The fraction of sp³-hybridized carbons (Fsp3) is 0. The number of amides is 1. The molecule has 2 heterocycles. The number of nitrogens with one attached hydrogen (secondary N) is 1. The number of nitrogens with zero attached hydrogens (tertiary/aromatic N) is 3. The number of carboxylic acid groups (broad SMARTS) is 1. The van der Waals surface area contributed by atoms with Crippen molar-refractivity contribution in [2.24, 2.45) is 0 Å². The third-order valence-corrected chi connectivity index (χ3v) is 4.16. The number of carbonyl (C=O) groups is 2. The number of pyridine rings is 1. The first-order valence-corrected chi connectivity index (χ1v) is 7.91. The number of anilines is 1. The number of nitriles is 1. The second-order valence-corrected chi connectivity index (χ2v) is 5.77. The minimum absolute atomic E-state index is 0.104. The van der Waals surface area contributed by atoms with Crippen molar-refractivity contribution >= 4 is 28.9 Å². The molecular formula is C17H10N4O3S. The summed E-state index contributed by atoms with van der Waals surface area (Å²) in [5.74, 6) is -1.76. The highest BCUT2D eigenvalue weighted by molar-refractivity contribution is 7.13. The Balaban J connectivity index is 1.85. The number of hydrogen-bond acceptors (Lipinski definition) is 6. The molecule has 0 saturated carbocycles. The van der Waals surface area contributed by atoms with Gasteiger partial charge in [0.25, 0.3) is 5.91 Å². The van der Waals surface area contributed by atoms with Crippen molar-refractivity contribution < 1.29 is 14.7 Å². The molecule has 3 aromatic rings. The van der Waals surface area contributed by atoms with Crippen LogP contribution in [0.1, 0.15) is 26.4 Å². The van der Waals surface area contributed by atoms with Crippen molar-refractivity contribution in [1.82, 2.24) is 9.97 Å². The molecule has 25 heavy (non-hydrogen) atoms. The molecule has 0 unspecified atom stereocenters. The van der Waals surface area contributed by atoms with Crippen LogP contribution in [0.4, 0.5) is 5.69 Å². The summed E-state index contributed by atoms with van der Waals surface area (Å²) in [6.07, 6.45) is 3.28. The van der Waals surface area contributed by atoms with Gasteiger partial charge < -0.3 is 10.4 Å². The first-order valence-electron chi connectivity index (χ1n) is 7.03. The van der Waals surface area contributed by atoms with Crippen molar-refractivity contribution in [3.05, 3.63) is 64.9 Å². The van der Waals surface area contributed by atoms with E-state index >= 15 is 0 Å². The van der Waals surface area contributed by atoms with Crippen LogP contribution in [0, 0.1) is 11.3 Å². The lowest BCUT2D eigenvalue weighted by atomic mass is 10.1. The predicted octanol–water partition coefficient (Wildman–Crippen LogP) is 3.03. The Morgan fingerprint density at radius 3 is 2.80 bits per heavy atom. The van der Waals surface area contributed by atoms with Crippen molar-refractivity contribution in [3.8, 4) is 16.6 Å². The van der Waals surface area contributed by atoms with Gasteiger partial charge in [0.15, 0.2) is 0 Å². The summed E-state index contributed by atoms with van der Waals surface area (Å²) in [6, 6.07) is 9.49. The summed E-state index contributed by atoms with van der Waals surface area (Å²) >= 11 is 1.29. The molecular weight excluding hydrogens is 340 g/mol. The topological polar surface area (TPSA) is 116 Å². The van der Waals surface area contributed by atoms with Gasteiger partial charge in [-0.05, 0) is 30.3 Å². The van der Waals surface area contributed by atoms with Crippen molar-refractivity contribution in [1.29, 1.82) is 5.26 Å². The molecule has 0 aliphatic heterocycles. The average molecular weight is 350 g/mol. The second-order valence-electron chi connectivity index (χ2n) is 4.91. The van der Waals surface area contributed by atoms with Crippen LogP contribution >= 0.6 is 11.3 Å². The predicted molar refractivity (Wildman–Crippen MR) is 91.4 cm³/mol. The molecule has 1 amide bonds. The minimum atomic E-state index is -1.23. The van der Waals surface area contributed by atoms with E-state index in [2.05, 4.69) is 15.3 Å². The van der Waals surface area contributed by atoms with E-state index in [9.17, 15) is 14.7 Å². The highest BCUT2D eigenvalue weighted by atomic mass is 32.1. The Hall–Kier alpha value is -3.57. The molecule has 2 aromatic heterocycles. The fourth-order valence-electron chi connectivity index (χ4n) is 2.09. The van der Waals surface area contributed by atoms with E-state index in [1.807, 2.05) is 12.1 Å². The Morgan fingerprint density at radius 2 is 2.12 bits per heavy atom. The van der Waals surface area contributed by atoms with E-state index in [0.717, 1.165) is 5.56 Å². The number of carbonyl (C=O) groups excluding carboxylic acids is 1. The Morgan fingerprint density at radius 1 is 1.28 bits per heavy atom. The van der Waals surface area contributed by atoms with Gasteiger partial charge >= 0.3 is 5.97 Å². The molecule has 3 rings (SSSR count). The van der Waals surface area contributed by atoms with E-state index in [1.54, 1.807) is 23.8 Å². The van der Waals surface area contributed by atoms with Gasteiger partial charge in [-0.1, -0.05) is 0 Å². The van der Waals surface area contributed by atoms with Gasteiger partial charge in [0.2, 0.25) is 0 Å². The summed E-state index contributed by atoms with van der Waals surface area (Å²) in [7, 11) is 0. The van der Waals surface area contributed by atoms with Gasteiger partial charge in [0.05, 0.1) is 22.9 Å². The molecule has 1 aromatic carbocycles. The van der Waals surface area contributed by atoms with Gasteiger partial charge in [0.1, 0.15) is 10.7 Å². The quantitative estimate of drug-likeness (QED) is 0.747. The summed E-state index contributed by atoms with van der Waals surface area (Å²) in [4.78, 5) is 31.9. The van der Waals surface area contributed by atoms with Crippen LogP contribution in [-0.4, -0.2) is 27.0 Å². The van der Waals surface area contributed by atoms with Crippen LogP contribution in [0.3, 0.4) is 0 Å². The van der Waals surface area contributed by atoms with Crippen molar-refractivity contribution in [2.45, 2.75) is 0 Å².